The molecule has 2 rings (SSSR count). The molecule has 1 saturated heterocycles. The van der Waals surface area contributed by atoms with Crippen LogP contribution in [0.5, 0.6) is 0 Å². The average Bonchev–Trinajstić information content (AvgIpc) is 2.54. The summed E-state index contributed by atoms with van der Waals surface area (Å²) in [5.74, 6) is 0. The van der Waals surface area contributed by atoms with Crippen molar-refractivity contribution in [1.82, 2.24) is 9.96 Å². The van der Waals surface area contributed by atoms with Gasteiger partial charge in [0.1, 0.15) is 0 Å². The predicted octanol–water partition coefficient (Wildman–Crippen LogP) is 2.37. The fourth-order valence-corrected chi connectivity index (χ4v) is 3.16. The highest BCUT2D eigenvalue weighted by molar-refractivity contribution is 7.98. The summed E-state index contributed by atoms with van der Waals surface area (Å²) in [6, 6.07) is 5.96. The van der Waals surface area contributed by atoms with E-state index in [0.717, 1.165) is 16.1 Å². The Bertz CT molecular complexity index is 519. The number of rotatable bonds is 5. The van der Waals surface area contributed by atoms with Crippen LogP contribution in [0.3, 0.4) is 0 Å². The summed E-state index contributed by atoms with van der Waals surface area (Å²) in [4.78, 5) is 13.4. The molecule has 122 valence electrons. The molecular weight excluding hydrogens is 302 g/mol. The van der Waals surface area contributed by atoms with Crippen molar-refractivity contribution in [3.05, 3.63) is 23.8 Å². The van der Waals surface area contributed by atoms with Crippen LogP contribution in [0.2, 0.25) is 0 Å². The average molecular weight is 325 g/mol. The van der Waals surface area contributed by atoms with E-state index in [4.69, 9.17) is 10.8 Å². The molecule has 1 aliphatic rings. The highest BCUT2D eigenvalue weighted by Crippen LogP contribution is 2.22. The van der Waals surface area contributed by atoms with Crippen molar-refractivity contribution >= 4 is 23.5 Å². The number of anilines is 1. The Balaban J connectivity index is 1.85. The van der Waals surface area contributed by atoms with Crippen molar-refractivity contribution in [3.63, 3.8) is 0 Å². The smallest absolute Gasteiger partial charge is 0.407 e. The van der Waals surface area contributed by atoms with Crippen LogP contribution < -0.4 is 5.73 Å². The number of hydrogen-bond acceptors (Lipinski definition) is 5. The number of hydrogen-bond donors (Lipinski definition) is 3. The van der Waals surface area contributed by atoms with Crippen molar-refractivity contribution in [1.29, 1.82) is 0 Å². The topological polar surface area (TPSA) is 90.0 Å². The van der Waals surface area contributed by atoms with E-state index < -0.39 is 6.09 Å². The monoisotopic (exact) mass is 325 g/mol. The molecule has 4 N–H and O–H groups in total. The van der Waals surface area contributed by atoms with Crippen molar-refractivity contribution in [2.75, 3.05) is 31.6 Å². The standard InChI is InChI=1S/C15H23N3O3S/c1-22-13-2-3-14(16)11(10-13)4-9-18(21)12-5-7-17(8-6-12)15(19)20/h2-3,10,12,21H,4-9,16H2,1H3,(H,19,20). The van der Waals surface area contributed by atoms with Crippen molar-refractivity contribution in [2.45, 2.75) is 30.2 Å². The van der Waals surface area contributed by atoms with Gasteiger partial charge in [0.25, 0.3) is 0 Å². The first-order valence-corrected chi connectivity index (χ1v) is 8.59. The number of carbonyl (C=O) groups is 1. The maximum absolute atomic E-state index is 10.9. The number of likely N-dealkylation sites (tertiary alicyclic amines) is 1. The summed E-state index contributed by atoms with van der Waals surface area (Å²) < 4.78 is 0. The molecule has 0 atom stereocenters. The van der Waals surface area contributed by atoms with Crippen molar-refractivity contribution < 1.29 is 15.1 Å². The summed E-state index contributed by atoms with van der Waals surface area (Å²) in [5, 5.41) is 20.5. The molecule has 0 spiro atoms. The quantitative estimate of drug-likeness (QED) is 0.437. The Morgan fingerprint density at radius 1 is 1.45 bits per heavy atom. The molecule has 6 nitrogen and oxygen atoms in total. The SMILES string of the molecule is CSc1ccc(N)c(CCN(O)C2CCN(C(=O)O)CC2)c1. The van der Waals surface area contributed by atoms with E-state index in [9.17, 15) is 10.0 Å². The fraction of sp³-hybridized carbons (Fsp3) is 0.533. The Hall–Kier alpha value is -1.44. The number of amides is 1. The molecule has 1 aliphatic heterocycles. The first-order valence-electron chi connectivity index (χ1n) is 7.37. The zero-order valence-electron chi connectivity index (χ0n) is 12.7. The van der Waals surface area contributed by atoms with Gasteiger partial charge in [0.15, 0.2) is 0 Å². The maximum Gasteiger partial charge on any atom is 0.407 e. The second-order valence-corrected chi connectivity index (χ2v) is 6.36. The highest BCUT2D eigenvalue weighted by Gasteiger charge is 2.25. The van der Waals surface area contributed by atoms with E-state index in [1.54, 1.807) is 11.8 Å². The molecule has 0 radical (unpaired) electrons. The third-order valence-electron chi connectivity index (χ3n) is 4.12. The van der Waals surface area contributed by atoms with Gasteiger partial charge in [0.05, 0.1) is 0 Å². The second kappa shape index (κ2) is 7.71. The fourth-order valence-electron chi connectivity index (χ4n) is 2.70. The minimum Gasteiger partial charge on any atom is -0.465 e. The predicted molar refractivity (Wildman–Crippen MR) is 87.5 cm³/mol. The summed E-state index contributed by atoms with van der Waals surface area (Å²) in [6.45, 7) is 1.45. The molecule has 1 amide bonds. The van der Waals surface area contributed by atoms with Crippen LogP contribution >= 0.6 is 11.8 Å². The van der Waals surface area contributed by atoms with Crippen LogP contribution in [0.1, 0.15) is 18.4 Å². The molecule has 0 aromatic heterocycles. The Morgan fingerprint density at radius 3 is 2.73 bits per heavy atom. The van der Waals surface area contributed by atoms with E-state index in [0.29, 0.717) is 38.9 Å². The summed E-state index contributed by atoms with van der Waals surface area (Å²) in [5.41, 5.74) is 7.76. The number of nitrogens with two attached hydrogens (primary N) is 1. The molecule has 1 fully saturated rings. The van der Waals surface area contributed by atoms with Crippen LogP contribution in [0, 0.1) is 0 Å². The molecule has 0 unspecified atom stereocenters. The van der Waals surface area contributed by atoms with E-state index in [-0.39, 0.29) is 6.04 Å². The van der Waals surface area contributed by atoms with Crippen LogP contribution in [0.4, 0.5) is 10.5 Å². The van der Waals surface area contributed by atoms with E-state index in [1.165, 1.54) is 9.96 Å². The van der Waals surface area contributed by atoms with Gasteiger partial charge in [0.2, 0.25) is 0 Å². The Morgan fingerprint density at radius 2 is 2.14 bits per heavy atom. The van der Waals surface area contributed by atoms with Gasteiger partial charge in [-0.25, -0.2) is 4.79 Å². The zero-order valence-corrected chi connectivity index (χ0v) is 13.6. The lowest BCUT2D eigenvalue weighted by Crippen LogP contribution is -2.45. The third kappa shape index (κ3) is 4.28. The minimum atomic E-state index is -0.885. The van der Waals surface area contributed by atoms with Crippen molar-refractivity contribution in [2.24, 2.45) is 0 Å². The lowest BCUT2D eigenvalue weighted by molar-refractivity contribution is -0.136. The van der Waals surface area contributed by atoms with Gasteiger partial charge in [-0.2, -0.15) is 5.06 Å². The van der Waals surface area contributed by atoms with Crippen LogP contribution in [-0.2, 0) is 6.42 Å². The zero-order chi connectivity index (χ0) is 16.1. The number of piperidine rings is 1. The first kappa shape index (κ1) is 16.9. The summed E-state index contributed by atoms with van der Waals surface area (Å²) in [7, 11) is 0. The summed E-state index contributed by atoms with van der Waals surface area (Å²) in [6.07, 6.45) is 3.12. The van der Waals surface area contributed by atoms with Gasteiger partial charge in [-0.3, -0.25) is 0 Å². The molecular formula is C15H23N3O3S. The first-order chi connectivity index (χ1) is 10.5. The third-order valence-corrected chi connectivity index (χ3v) is 4.84. The highest BCUT2D eigenvalue weighted by atomic mass is 32.2. The van der Waals surface area contributed by atoms with Gasteiger partial charge < -0.3 is 20.9 Å². The molecule has 0 saturated carbocycles. The lowest BCUT2D eigenvalue weighted by atomic mass is 10.0. The number of carboxylic acid groups (broad SMARTS) is 1. The van der Waals surface area contributed by atoms with Crippen LogP contribution in [0.15, 0.2) is 23.1 Å². The number of nitrogen functional groups attached to an aromatic ring is 1. The van der Waals surface area contributed by atoms with Crippen molar-refractivity contribution in [3.8, 4) is 0 Å². The number of thioether (sulfide) groups is 1. The van der Waals surface area contributed by atoms with Gasteiger partial charge >= 0.3 is 6.09 Å². The lowest BCUT2D eigenvalue weighted by Gasteiger charge is -2.34. The van der Waals surface area contributed by atoms with Gasteiger partial charge in [-0.1, -0.05) is 0 Å². The Labute approximate surface area is 134 Å². The van der Waals surface area contributed by atoms with Gasteiger partial charge in [-0.15, -0.1) is 11.8 Å². The summed E-state index contributed by atoms with van der Waals surface area (Å²) >= 11 is 1.66. The van der Waals surface area contributed by atoms with E-state index in [1.807, 2.05) is 18.4 Å². The number of hydroxylamine groups is 2. The number of nitrogens with zero attached hydrogens (tertiary/aromatic N) is 2. The van der Waals surface area contributed by atoms with Gasteiger partial charge in [-0.05, 0) is 49.3 Å². The van der Waals surface area contributed by atoms with Crippen LogP contribution in [-0.4, -0.2) is 58.3 Å². The number of benzene rings is 1. The normalized spacial score (nSPS) is 16.2. The molecule has 1 aromatic carbocycles. The minimum absolute atomic E-state index is 0.0144. The second-order valence-electron chi connectivity index (χ2n) is 5.48. The van der Waals surface area contributed by atoms with Gasteiger partial charge in [0, 0.05) is 36.3 Å². The molecule has 1 aromatic rings. The molecule has 22 heavy (non-hydrogen) atoms. The van der Waals surface area contributed by atoms with E-state index >= 15 is 0 Å². The maximum atomic E-state index is 10.9. The molecule has 0 bridgehead atoms. The molecule has 7 heteroatoms. The Kier molecular flexibility index (Phi) is 5.93. The molecule has 1 heterocycles. The van der Waals surface area contributed by atoms with Crippen LogP contribution in [0.25, 0.3) is 0 Å². The largest absolute Gasteiger partial charge is 0.465 e. The van der Waals surface area contributed by atoms with E-state index in [2.05, 4.69) is 6.07 Å². The molecule has 0 aliphatic carbocycles.